The highest BCUT2D eigenvalue weighted by atomic mass is 32.2. The van der Waals surface area contributed by atoms with Gasteiger partial charge in [-0.2, -0.15) is 23.4 Å². The molecule has 136 valence electrons. The number of nitrogen functional groups attached to an aromatic ring is 1. The standard InChI is InChI=1S/C14H12F3N7OS/c1-26-11-9(6-18)10(21-12(19)22-11)23-24-13(25)20-8-4-2-3-7(5-8)14(15,16)17/h2-5H,1H3,(H2,20,24,25)(H3,19,21,22,23). The molecule has 0 saturated heterocycles. The van der Waals surface area contributed by atoms with E-state index in [0.29, 0.717) is 5.03 Å². The van der Waals surface area contributed by atoms with E-state index in [1.807, 2.05) is 6.07 Å². The molecule has 0 radical (unpaired) electrons. The molecule has 0 unspecified atom stereocenters. The van der Waals surface area contributed by atoms with Gasteiger partial charge in [-0.3, -0.25) is 10.9 Å². The maximum Gasteiger partial charge on any atom is 0.416 e. The van der Waals surface area contributed by atoms with E-state index in [1.165, 1.54) is 6.07 Å². The molecule has 0 spiro atoms. The average Bonchev–Trinajstić information content (AvgIpc) is 2.58. The predicted molar refractivity (Wildman–Crippen MR) is 90.2 cm³/mol. The van der Waals surface area contributed by atoms with Crippen molar-refractivity contribution in [3.05, 3.63) is 35.4 Å². The number of anilines is 3. The molecule has 1 heterocycles. The van der Waals surface area contributed by atoms with Gasteiger partial charge in [0.25, 0.3) is 0 Å². The van der Waals surface area contributed by atoms with E-state index in [4.69, 9.17) is 11.0 Å². The molecular weight excluding hydrogens is 371 g/mol. The molecule has 0 aliphatic rings. The van der Waals surface area contributed by atoms with Gasteiger partial charge in [-0.1, -0.05) is 6.07 Å². The van der Waals surface area contributed by atoms with E-state index in [9.17, 15) is 18.0 Å². The molecule has 1 aromatic heterocycles. The summed E-state index contributed by atoms with van der Waals surface area (Å²) in [7, 11) is 0. The number of halogens is 3. The van der Waals surface area contributed by atoms with Crippen LogP contribution >= 0.6 is 11.8 Å². The number of thioether (sulfide) groups is 1. The van der Waals surface area contributed by atoms with E-state index < -0.39 is 17.8 Å². The Bertz CT molecular complexity index is 867. The third-order valence-corrected chi connectivity index (χ3v) is 3.62. The summed E-state index contributed by atoms with van der Waals surface area (Å²) in [4.78, 5) is 19.5. The first-order valence-electron chi connectivity index (χ1n) is 6.86. The van der Waals surface area contributed by atoms with E-state index in [-0.39, 0.29) is 23.0 Å². The number of hydrogen-bond donors (Lipinski definition) is 4. The largest absolute Gasteiger partial charge is 0.416 e. The van der Waals surface area contributed by atoms with E-state index in [1.54, 1.807) is 6.26 Å². The van der Waals surface area contributed by atoms with Crippen LogP contribution in [0.5, 0.6) is 0 Å². The number of nitrogens with two attached hydrogens (primary N) is 1. The average molecular weight is 383 g/mol. The molecule has 2 rings (SSSR count). The number of amides is 2. The number of urea groups is 1. The Hall–Kier alpha value is -3.20. The number of carbonyl (C=O) groups is 1. The fraction of sp³-hybridized carbons (Fsp3) is 0.143. The zero-order valence-electron chi connectivity index (χ0n) is 13.2. The van der Waals surface area contributed by atoms with E-state index >= 15 is 0 Å². The summed E-state index contributed by atoms with van der Waals surface area (Å²) in [6.07, 6.45) is -2.85. The van der Waals surface area contributed by atoms with Gasteiger partial charge in [0.05, 0.1) is 5.56 Å². The van der Waals surface area contributed by atoms with Crippen molar-refractivity contribution in [2.45, 2.75) is 11.2 Å². The van der Waals surface area contributed by atoms with Crippen molar-refractivity contribution in [3.63, 3.8) is 0 Å². The summed E-state index contributed by atoms with van der Waals surface area (Å²) in [6, 6.07) is 5.14. The number of nitrogens with zero attached hydrogens (tertiary/aromatic N) is 3. The van der Waals surface area contributed by atoms with Crippen molar-refractivity contribution in [2.24, 2.45) is 0 Å². The Balaban J connectivity index is 2.09. The quantitative estimate of drug-likeness (QED) is 0.363. The topological polar surface area (TPSA) is 129 Å². The monoisotopic (exact) mass is 383 g/mol. The van der Waals surface area contributed by atoms with Gasteiger partial charge in [0.15, 0.2) is 5.82 Å². The Morgan fingerprint density at radius 2 is 2.08 bits per heavy atom. The molecule has 26 heavy (non-hydrogen) atoms. The molecule has 0 fully saturated rings. The van der Waals surface area contributed by atoms with Crippen LogP contribution in [0.3, 0.4) is 0 Å². The molecule has 0 saturated carbocycles. The maximum absolute atomic E-state index is 12.7. The van der Waals surface area contributed by atoms with Gasteiger partial charge >= 0.3 is 12.2 Å². The smallest absolute Gasteiger partial charge is 0.368 e. The van der Waals surface area contributed by atoms with Gasteiger partial charge in [-0.15, -0.1) is 11.8 Å². The molecule has 5 N–H and O–H groups in total. The summed E-state index contributed by atoms with van der Waals surface area (Å²) in [5, 5.41) is 11.7. The van der Waals surface area contributed by atoms with Gasteiger partial charge in [-0.25, -0.2) is 9.78 Å². The molecule has 0 aliphatic heterocycles. The van der Waals surface area contributed by atoms with Crippen LogP contribution in [0.4, 0.5) is 35.4 Å². The van der Waals surface area contributed by atoms with Gasteiger partial charge < -0.3 is 11.1 Å². The molecule has 0 bridgehead atoms. The van der Waals surface area contributed by atoms with Crippen LogP contribution in [0.1, 0.15) is 11.1 Å². The number of alkyl halides is 3. The summed E-state index contributed by atoms with van der Waals surface area (Å²) in [6.45, 7) is 0. The van der Waals surface area contributed by atoms with Crippen molar-refractivity contribution in [1.29, 1.82) is 5.26 Å². The minimum Gasteiger partial charge on any atom is -0.368 e. The SMILES string of the molecule is CSc1nc(N)nc(NNC(=O)Nc2cccc(C(F)(F)F)c2)c1C#N. The highest BCUT2D eigenvalue weighted by molar-refractivity contribution is 7.98. The fourth-order valence-electron chi connectivity index (χ4n) is 1.85. The zero-order valence-corrected chi connectivity index (χ0v) is 14.0. The van der Waals surface area contributed by atoms with Crippen LogP contribution in [0.2, 0.25) is 0 Å². The molecule has 2 amide bonds. The van der Waals surface area contributed by atoms with Crippen molar-refractivity contribution >= 4 is 35.2 Å². The van der Waals surface area contributed by atoms with Crippen LogP contribution in [0, 0.1) is 11.3 Å². The second-order valence-corrected chi connectivity index (χ2v) is 5.50. The summed E-state index contributed by atoms with van der Waals surface area (Å²) in [5.74, 6) is -0.153. The number of rotatable bonds is 4. The number of hydrogen-bond acceptors (Lipinski definition) is 7. The summed E-state index contributed by atoms with van der Waals surface area (Å²) >= 11 is 1.16. The third kappa shape index (κ3) is 4.67. The minimum atomic E-state index is -4.53. The van der Waals surface area contributed by atoms with Crippen LogP contribution in [0.15, 0.2) is 29.3 Å². The number of benzene rings is 1. The van der Waals surface area contributed by atoms with E-state index in [0.717, 1.165) is 30.0 Å². The first kappa shape index (κ1) is 19.1. The van der Waals surface area contributed by atoms with Crippen molar-refractivity contribution in [2.75, 3.05) is 22.7 Å². The lowest BCUT2D eigenvalue weighted by Crippen LogP contribution is -2.34. The number of nitrogens with one attached hydrogen (secondary N) is 3. The molecule has 8 nitrogen and oxygen atoms in total. The third-order valence-electron chi connectivity index (χ3n) is 2.94. The molecule has 0 aliphatic carbocycles. The first-order chi connectivity index (χ1) is 12.2. The Labute approximate surface area is 150 Å². The second-order valence-electron chi connectivity index (χ2n) is 4.71. The highest BCUT2D eigenvalue weighted by Crippen LogP contribution is 2.30. The van der Waals surface area contributed by atoms with Crippen LogP contribution < -0.4 is 21.9 Å². The molecule has 1 aromatic carbocycles. The van der Waals surface area contributed by atoms with Crippen LogP contribution in [-0.4, -0.2) is 22.3 Å². The highest BCUT2D eigenvalue weighted by Gasteiger charge is 2.30. The maximum atomic E-state index is 12.7. The van der Waals surface area contributed by atoms with Gasteiger partial charge in [0.2, 0.25) is 5.95 Å². The van der Waals surface area contributed by atoms with E-state index in [2.05, 4.69) is 26.1 Å². The number of aromatic nitrogens is 2. The van der Waals surface area contributed by atoms with Crippen LogP contribution in [0.25, 0.3) is 0 Å². The Morgan fingerprint density at radius 1 is 1.35 bits per heavy atom. The number of carbonyl (C=O) groups excluding carboxylic acids is 1. The number of hydrazine groups is 1. The minimum absolute atomic E-state index is 0.0384. The summed E-state index contributed by atoms with van der Waals surface area (Å²) in [5.41, 5.74) is 9.19. The Kier molecular flexibility index (Phi) is 5.73. The van der Waals surface area contributed by atoms with Crippen molar-refractivity contribution < 1.29 is 18.0 Å². The van der Waals surface area contributed by atoms with Crippen LogP contribution in [-0.2, 0) is 6.18 Å². The van der Waals surface area contributed by atoms with Crippen molar-refractivity contribution in [3.8, 4) is 6.07 Å². The molecular formula is C14H12F3N7OS. The van der Waals surface area contributed by atoms with Gasteiger partial charge in [0, 0.05) is 5.69 Å². The lowest BCUT2D eigenvalue weighted by atomic mass is 10.2. The lowest BCUT2D eigenvalue weighted by Gasteiger charge is -2.13. The Morgan fingerprint density at radius 3 is 2.69 bits per heavy atom. The second kappa shape index (κ2) is 7.79. The normalized spacial score (nSPS) is 10.7. The molecule has 2 aromatic rings. The fourth-order valence-corrected chi connectivity index (χ4v) is 2.38. The summed E-state index contributed by atoms with van der Waals surface area (Å²) < 4.78 is 38.0. The molecule has 12 heteroatoms. The van der Waals surface area contributed by atoms with Gasteiger partial charge in [0.1, 0.15) is 16.7 Å². The van der Waals surface area contributed by atoms with Gasteiger partial charge in [-0.05, 0) is 24.5 Å². The van der Waals surface area contributed by atoms with Crippen molar-refractivity contribution in [1.82, 2.24) is 15.4 Å². The number of nitriles is 1. The zero-order chi connectivity index (χ0) is 19.3. The molecule has 0 atom stereocenters. The predicted octanol–water partition coefficient (Wildman–Crippen LogP) is 2.82. The first-order valence-corrected chi connectivity index (χ1v) is 8.09. The lowest BCUT2D eigenvalue weighted by molar-refractivity contribution is -0.137.